The minimum absolute atomic E-state index is 0.364. The van der Waals surface area contributed by atoms with Crippen LogP contribution in [0.1, 0.15) is 45.6 Å². The number of aromatic nitrogens is 1. The molecule has 1 saturated carbocycles. The number of hydrogen-bond acceptors (Lipinski definition) is 3. The Labute approximate surface area is 116 Å². The van der Waals surface area contributed by atoms with E-state index in [1.54, 1.807) is 6.20 Å². The molecule has 0 radical (unpaired) electrons. The highest BCUT2D eigenvalue weighted by molar-refractivity contribution is 5.37. The average molecular weight is 262 g/mol. The number of pyridine rings is 1. The summed E-state index contributed by atoms with van der Waals surface area (Å²) in [6.45, 7) is 7.51. The molecule has 1 aliphatic rings. The number of anilines is 1. The summed E-state index contributed by atoms with van der Waals surface area (Å²) >= 11 is 0. The summed E-state index contributed by atoms with van der Waals surface area (Å²) < 4.78 is 6.17. The molecule has 1 fully saturated rings. The smallest absolute Gasteiger partial charge is 0.128 e. The van der Waals surface area contributed by atoms with Crippen molar-refractivity contribution in [1.82, 2.24) is 4.98 Å². The monoisotopic (exact) mass is 262 g/mol. The Morgan fingerprint density at radius 1 is 1.42 bits per heavy atom. The van der Waals surface area contributed by atoms with E-state index in [0.717, 1.165) is 11.5 Å². The number of ether oxygens (including phenoxy) is 1. The van der Waals surface area contributed by atoms with Gasteiger partial charge in [-0.05, 0) is 36.7 Å². The van der Waals surface area contributed by atoms with E-state index in [-0.39, 0.29) is 0 Å². The molecule has 3 atom stereocenters. The number of hydrogen-bond donors (Lipinski definition) is 1. The van der Waals surface area contributed by atoms with Crippen molar-refractivity contribution in [2.24, 2.45) is 17.8 Å². The molecule has 0 amide bonds. The highest BCUT2D eigenvalue weighted by atomic mass is 16.5. The van der Waals surface area contributed by atoms with Crippen molar-refractivity contribution in [3.8, 4) is 0 Å². The van der Waals surface area contributed by atoms with Crippen LogP contribution in [0.15, 0.2) is 18.3 Å². The summed E-state index contributed by atoms with van der Waals surface area (Å²) in [5, 5.41) is 0. The van der Waals surface area contributed by atoms with E-state index >= 15 is 0 Å². The van der Waals surface area contributed by atoms with Gasteiger partial charge in [0.05, 0.1) is 12.7 Å². The lowest BCUT2D eigenvalue weighted by Crippen LogP contribution is -2.34. The first-order chi connectivity index (χ1) is 9.08. The lowest BCUT2D eigenvalue weighted by molar-refractivity contribution is -0.0471. The standard InChI is InChI=1S/C16H26N2O/c1-11(2)14-7-6-12(3)9-15(14)19-10-13-5-4-8-18-16(13)17/h4-5,8,11-12,14-15H,6-7,9-10H2,1-3H3,(H2,17,18). The van der Waals surface area contributed by atoms with E-state index < -0.39 is 0 Å². The fourth-order valence-electron chi connectivity index (χ4n) is 3.08. The molecule has 2 rings (SSSR count). The number of rotatable bonds is 4. The molecule has 106 valence electrons. The summed E-state index contributed by atoms with van der Waals surface area (Å²) in [5.74, 6) is 2.72. The molecule has 19 heavy (non-hydrogen) atoms. The van der Waals surface area contributed by atoms with Crippen LogP contribution in [0, 0.1) is 17.8 Å². The van der Waals surface area contributed by atoms with Crippen molar-refractivity contribution < 1.29 is 4.74 Å². The van der Waals surface area contributed by atoms with Crippen molar-refractivity contribution in [1.29, 1.82) is 0 Å². The van der Waals surface area contributed by atoms with Crippen LogP contribution in [0.25, 0.3) is 0 Å². The third-order valence-electron chi connectivity index (χ3n) is 4.34. The zero-order valence-corrected chi connectivity index (χ0v) is 12.3. The summed E-state index contributed by atoms with van der Waals surface area (Å²) in [5.41, 5.74) is 6.87. The molecule has 1 aliphatic carbocycles. The molecule has 2 N–H and O–H groups in total. The van der Waals surface area contributed by atoms with Gasteiger partial charge in [0.15, 0.2) is 0 Å². The van der Waals surface area contributed by atoms with E-state index in [1.807, 2.05) is 12.1 Å². The van der Waals surface area contributed by atoms with Gasteiger partial charge in [-0.15, -0.1) is 0 Å². The van der Waals surface area contributed by atoms with Crippen LogP contribution < -0.4 is 5.73 Å². The Hall–Kier alpha value is -1.09. The molecule has 3 nitrogen and oxygen atoms in total. The normalized spacial score (nSPS) is 27.7. The molecule has 0 spiro atoms. The van der Waals surface area contributed by atoms with Crippen molar-refractivity contribution >= 4 is 5.82 Å². The van der Waals surface area contributed by atoms with Crippen molar-refractivity contribution in [2.75, 3.05) is 5.73 Å². The maximum absolute atomic E-state index is 6.17. The van der Waals surface area contributed by atoms with Gasteiger partial charge in [0, 0.05) is 11.8 Å². The molecule has 0 aromatic carbocycles. The second kappa shape index (κ2) is 6.38. The van der Waals surface area contributed by atoms with Crippen LogP contribution in [0.2, 0.25) is 0 Å². The van der Waals surface area contributed by atoms with E-state index in [1.165, 1.54) is 19.3 Å². The molecule has 1 aromatic rings. The average Bonchev–Trinajstić information content (AvgIpc) is 2.37. The van der Waals surface area contributed by atoms with Crippen LogP contribution in [0.4, 0.5) is 5.82 Å². The minimum Gasteiger partial charge on any atom is -0.383 e. The molecule has 0 bridgehead atoms. The van der Waals surface area contributed by atoms with E-state index in [2.05, 4.69) is 25.8 Å². The van der Waals surface area contributed by atoms with Crippen molar-refractivity contribution in [3.63, 3.8) is 0 Å². The first kappa shape index (κ1) is 14.3. The van der Waals surface area contributed by atoms with Gasteiger partial charge >= 0.3 is 0 Å². The highest BCUT2D eigenvalue weighted by Gasteiger charge is 2.31. The topological polar surface area (TPSA) is 48.1 Å². The molecule has 0 aliphatic heterocycles. The van der Waals surface area contributed by atoms with Gasteiger partial charge in [0.25, 0.3) is 0 Å². The maximum Gasteiger partial charge on any atom is 0.128 e. The van der Waals surface area contributed by atoms with E-state index in [0.29, 0.717) is 30.4 Å². The maximum atomic E-state index is 6.17. The second-order valence-corrected chi connectivity index (χ2v) is 6.22. The predicted molar refractivity (Wildman–Crippen MR) is 78.6 cm³/mol. The third-order valence-corrected chi connectivity index (χ3v) is 4.34. The van der Waals surface area contributed by atoms with Crippen LogP contribution in [-0.4, -0.2) is 11.1 Å². The van der Waals surface area contributed by atoms with Crippen LogP contribution in [-0.2, 0) is 11.3 Å². The fourth-order valence-corrected chi connectivity index (χ4v) is 3.08. The molecule has 3 heteroatoms. The zero-order valence-electron chi connectivity index (χ0n) is 12.3. The number of nitrogen functional groups attached to an aromatic ring is 1. The van der Waals surface area contributed by atoms with Gasteiger partial charge in [-0.25, -0.2) is 4.98 Å². The molecule has 1 aromatic heterocycles. The van der Waals surface area contributed by atoms with E-state index in [9.17, 15) is 0 Å². The molecular formula is C16H26N2O. The SMILES string of the molecule is CC1CCC(C(C)C)C(OCc2cccnc2N)C1. The van der Waals surface area contributed by atoms with Crippen LogP contribution >= 0.6 is 0 Å². The molecule has 1 heterocycles. The van der Waals surface area contributed by atoms with Gasteiger partial charge in [-0.2, -0.15) is 0 Å². The highest BCUT2D eigenvalue weighted by Crippen LogP contribution is 2.35. The minimum atomic E-state index is 0.364. The van der Waals surface area contributed by atoms with Crippen LogP contribution in [0.3, 0.4) is 0 Å². The third kappa shape index (κ3) is 3.69. The summed E-state index contributed by atoms with van der Waals surface area (Å²) in [6, 6.07) is 3.91. The Morgan fingerprint density at radius 2 is 2.21 bits per heavy atom. The Kier molecular flexibility index (Phi) is 4.81. The fraction of sp³-hybridized carbons (Fsp3) is 0.688. The molecular weight excluding hydrogens is 236 g/mol. The Bertz CT molecular complexity index is 405. The van der Waals surface area contributed by atoms with Gasteiger partial charge in [0.2, 0.25) is 0 Å². The number of nitrogens with zero attached hydrogens (tertiary/aromatic N) is 1. The molecule has 3 unspecified atom stereocenters. The summed E-state index contributed by atoms with van der Waals surface area (Å²) in [6.07, 6.45) is 5.87. The lowest BCUT2D eigenvalue weighted by Gasteiger charge is -2.37. The van der Waals surface area contributed by atoms with Crippen molar-refractivity contribution in [3.05, 3.63) is 23.9 Å². The lowest BCUT2D eigenvalue weighted by atomic mass is 9.75. The van der Waals surface area contributed by atoms with Gasteiger partial charge in [0.1, 0.15) is 5.82 Å². The second-order valence-electron chi connectivity index (χ2n) is 6.22. The first-order valence-corrected chi connectivity index (χ1v) is 7.39. The Balaban J connectivity index is 1.97. The largest absolute Gasteiger partial charge is 0.383 e. The van der Waals surface area contributed by atoms with Gasteiger partial charge < -0.3 is 10.5 Å². The predicted octanol–water partition coefficient (Wildman–Crippen LogP) is 3.64. The number of nitrogens with two attached hydrogens (primary N) is 1. The van der Waals surface area contributed by atoms with Crippen molar-refractivity contribution in [2.45, 2.75) is 52.7 Å². The zero-order chi connectivity index (χ0) is 13.8. The van der Waals surface area contributed by atoms with Gasteiger partial charge in [-0.3, -0.25) is 0 Å². The molecule has 0 saturated heterocycles. The van der Waals surface area contributed by atoms with Gasteiger partial charge in [-0.1, -0.05) is 33.3 Å². The summed E-state index contributed by atoms with van der Waals surface area (Å²) in [4.78, 5) is 4.11. The summed E-state index contributed by atoms with van der Waals surface area (Å²) in [7, 11) is 0. The van der Waals surface area contributed by atoms with E-state index in [4.69, 9.17) is 10.5 Å². The van der Waals surface area contributed by atoms with Crippen LogP contribution in [0.5, 0.6) is 0 Å². The quantitative estimate of drug-likeness (QED) is 0.901. The Morgan fingerprint density at radius 3 is 2.89 bits per heavy atom. The first-order valence-electron chi connectivity index (χ1n) is 7.39.